The second-order valence-electron chi connectivity index (χ2n) is 9.17. The van der Waals surface area contributed by atoms with Gasteiger partial charge in [0.05, 0.1) is 0 Å². The van der Waals surface area contributed by atoms with Gasteiger partial charge in [0.2, 0.25) is 0 Å². The van der Waals surface area contributed by atoms with Crippen molar-refractivity contribution in [3.05, 3.63) is 108 Å². The molecule has 0 bridgehead atoms. The number of hydrogen-bond acceptors (Lipinski definition) is 2. The Morgan fingerprint density at radius 1 is 0.788 bits per heavy atom. The molecule has 0 radical (unpaired) electrons. The summed E-state index contributed by atoms with van der Waals surface area (Å²) in [6.45, 7) is 0.666. The summed E-state index contributed by atoms with van der Waals surface area (Å²) in [5.41, 5.74) is 3.36. The molecule has 1 amide bonds. The van der Waals surface area contributed by atoms with Crippen LogP contribution in [0.1, 0.15) is 53.2 Å². The molecule has 0 aliphatic heterocycles. The Kier molecular flexibility index (Phi) is 9.11. The number of carbonyl (C=O) groups excluding carboxylic acids is 1. The van der Waals surface area contributed by atoms with Crippen molar-refractivity contribution >= 4 is 18.3 Å². The minimum Gasteiger partial charge on any atom is -0.331 e. The highest BCUT2D eigenvalue weighted by molar-refractivity contribution is 5.94. The summed E-state index contributed by atoms with van der Waals surface area (Å²) in [5, 5.41) is 0. The highest BCUT2D eigenvalue weighted by Gasteiger charge is 2.34. The third-order valence-corrected chi connectivity index (χ3v) is 6.80. The van der Waals surface area contributed by atoms with Gasteiger partial charge in [-0.1, -0.05) is 78.9 Å². The zero-order valence-electron chi connectivity index (χ0n) is 19.6. The molecule has 0 saturated heterocycles. The number of hydrogen-bond donors (Lipinski definition) is 0. The van der Waals surface area contributed by atoms with Crippen LogP contribution < -0.4 is 0 Å². The SMILES string of the molecule is CN(C)C(c1ccccc1)C1CCC(N(Cc2ccccc2)C(=O)c2ccccc2)CC1.Cl. The monoisotopic (exact) mass is 462 g/mol. The van der Waals surface area contributed by atoms with Gasteiger partial charge in [-0.2, -0.15) is 0 Å². The molecule has 4 heteroatoms. The first-order valence-corrected chi connectivity index (χ1v) is 11.7. The standard InChI is InChI=1S/C29H34N2O.ClH/c1-30(2)28(24-14-8-4-9-15-24)25-18-20-27(21-19-25)31(22-23-12-6-3-7-13-23)29(32)26-16-10-5-11-17-26;/h3-17,25,27-28H,18-22H2,1-2H3;1H. The van der Waals surface area contributed by atoms with Crippen LogP contribution in [-0.4, -0.2) is 35.8 Å². The molecule has 1 aliphatic carbocycles. The number of nitrogens with zero attached hydrogens (tertiary/aromatic N) is 2. The fraction of sp³-hybridized carbons (Fsp3) is 0.345. The van der Waals surface area contributed by atoms with Gasteiger partial charge in [0.15, 0.2) is 0 Å². The summed E-state index contributed by atoms with van der Waals surface area (Å²) < 4.78 is 0. The lowest BCUT2D eigenvalue weighted by atomic mass is 9.78. The summed E-state index contributed by atoms with van der Waals surface area (Å²) in [6.07, 6.45) is 4.37. The number of rotatable bonds is 7. The molecule has 1 atom stereocenters. The molecule has 0 heterocycles. The van der Waals surface area contributed by atoms with E-state index in [0.29, 0.717) is 18.5 Å². The maximum Gasteiger partial charge on any atom is 0.254 e. The second-order valence-corrected chi connectivity index (χ2v) is 9.17. The third-order valence-electron chi connectivity index (χ3n) is 6.80. The van der Waals surface area contributed by atoms with Crippen molar-refractivity contribution < 1.29 is 4.79 Å². The zero-order chi connectivity index (χ0) is 22.3. The first-order chi connectivity index (χ1) is 15.6. The largest absolute Gasteiger partial charge is 0.331 e. The maximum absolute atomic E-state index is 13.5. The first-order valence-electron chi connectivity index (χ1n) is 11.7. The Balaban J connectivity index is 0.00000306. The molecule has 174 valence electrons. The fourth-order valence-corrected chi connectivity index (χ4v) is 5.26. The van der Waals surface area contributed by atoms with Crippen LogP contribution in [0.5, 0.6) is 0 Å². The number of benzene rings is 3. The Morgan fingerprint density at radius 3 is 1.85 bits per heavy atom. The van der Waals surface area contributed by atoms with E-state index in [4.69, 9.17) is 0 Å². The van der Waals surface area contributed by atoms with Crippen molar-refractivity contribution in [2.45, 2.75) is 44.3 Å². The van der Waals surface area contributed by atoms with Gasteiger partial charge in [0, 0.05) is 24.2 Å². The summed E-state index contributed by atoms with van der Waals surface area (Å²) in [6, 6.07) is 31.7. The van der Waals surface area contributed by atoms with E-state index in [9.17, 15) is 4.79 Å². The first kappa shape index (κ1) is 25.0. The average Bonchev–Trinajstić information content (AvgIpc) is 2.84. The van der Waals surface area contributed by atoms with E-state index < -0.39 is 0 Å². The quantitative estimate of drug-likeness (QED) is 0.394. The molecular formula is C29H35ClN2O. The van der Waals surface area contributed by atoms with Gasteiger partial charge in [-0.3, -0.25) is 4.79 Å². The van der Waals surface area contributed by atoms with Crippen molar-refractivity contribution in [3.63, 3.8) is 0 Å². The van der Waals surface area contributed by atoms with Crippen molar-refractivity contribution in [1.82, 2.24) is 9.80 Å². The molecule has 33 heavy (non-hydrogen) atoms. The second kappa shape index (κ2) is 12.0. The molecular weight excluding hydrogens is 428 g/mol. The summed E-state index contributed by atoms with van der Waals surface area (Å²) in [7, 11) is 4.37. The van der Waals surface area contributed by atoms with Crippen LogP contribution in [0.15, 0.2) is 91.0 Å². The van der Waals surface area contributed by atoms with E-state index in [0.717, 1.165) is 31.2 Å². The van der Waals surface area contributed by atoms with Crippen molar-refractivity contribution in [2.24, 2.45) is 5.92 Å². The third kappa shape index (κ3) is 6.25. The molecule has 4 rings (SSSR count). The van der Waals surface area contributed by atoms with Gasteiger partial charge in [-0.25, -0.2) is 0 Å². The average molecular weight is 463 g/mol. The lowest BCUT2D eigenvalue weighted by molar-refractivity contribution is 0.0544. The summed E-state index contributed by atoms with van der Waals surface area (Å²) in [5.74, 6) is 0.749. The van der Waals surface area contributed by atoms with Crippen LogP contribution >= 0.6 is 12.4 Å². The highest BCUT2D eigenvalue weighted by Crippen LogP contribution is 2.39. The van der Waals surface area contributed by atoms with Gasteiger partial charge in [0.25, 0.3) is 5.91 Å². The van der Waals surface area contributed by atoms with E-state index >= 15 is 0 Å². The molecule has 1 saturated carbocycles. The molecule has 0 spiro atoms. The number of amides is 1. The normalized spacial score (nSPS) is 18.9. The highest BCUT2D eigenvalue weighted by atomic mass is 35.5. The maximum atomic E-state index is 13.5. The Labute approximate surface area is 204 Å². The van der Waals surface area contributed by atoms with Crippen molar-refractivity contribution in [2.75, 3.05) is 14.1 Å². The molecule has 0 N–H and O–H groups in total. The van der Waals surface area contributed by atoms with Crippen LogP contribution in [0.4, 0.5) is 0 Å². The van der Waals surface area contributed by atoms with Crippen LogP contribution in [-0.2, 0) is 6.54 Å². The Bertz CT molecular complexity index is 970. The van der Waals surface area contributed by atoms with E-state index in [1.165, 1.54) is 11.1 Å². The van der Waals surface area contributed by atoms with Gasteiger partial charge < -0.3 is 9.80 Å². The number of carbonyl (C=O) groups is 1. The smallest absolute Gasteiger partial charge is 0.254 e. The molecule has 1 fully saturated rings. The van der Waals surface area contributed by atoms with Gasteiger partial charge in [-0.05, 0) is 69.0 Å². The Hall–Kier alpha value is -2.62. The number of halogens is 1. The van der Waals surface area contributed by atoms with Crippen molar-refractivity contribution in [3.8, 4) is 0 Å². The van der Waals surface area contributed by atoms with Crippen LogP contribution in [0.25, 0.3) is 0 Å². The topological polar surface area (TPSA) is 23.6 Å². The van der Waals surface area contributed by atoms with E-state index in [1.54, 1.807) is 0 Å². The van der Waals surface area contributed by atoms with E-state index in [1.807, 2.05) is 36.4 Å². The summed E-state index contributed by atoms with van der Waals surface area (Å²) in [4.78, 5) is 18.0. The lowest BCUT2D eigenvalue weighted by Gasteiger charge is -2.41. The molecule has 3 aromatic carbocycles. The van der Waals surface area contributed by atoms with Crippen LogP contribution in [0.2, 0.25) is 0 Å². The lowest BCUT2D eigenvalue weighted by Crippen LogP contribution is -2.43. The predicted octanol–water partition coefficient (Wildman–Crippen LogP) is 6.61. The minimum absolute atomic E-state index is 0. The predicted molar refractivity (Wildman–Crippen MR) is 139 cm³/mol. The summed E-state index contributed by atoms with van der Waals surface area (Å²) >= 11 is 0. The fourth-order valence-electron chi connectivity index (χ4n) is 5.26. The molecule has 3 aromatic rings. The van der Waals surface area contributed by atoms with Gasteiger partial charge in [0.1, 0.15) is 0 Å². The van der Waals surface area contributed by atoms with Crippen LogP contribution in [0.3, 0.4) is 0 Å². The van der Waals surface area contributed by atoms with Crippen LogP contribution in [0, 0.1) is 5.92 Å². The van der Waals surface area contributed by atoms with Gasteiger partial charge in [-0.15, -0.1) is 12.4 Å². The zero-order valence-corrected chi connectivity index (χ0v) is 20.5. The van der Waals surface area contributed by atoms with Gasteiger partial charge >= 0.3 is 0 Å². The molecule has 1 unspecified atom stereocenters. The molecule has 1 aliphatic rings. The molecule has 0 aromatic heterocycles. The Morgan fingerprint density at radius 2 is 1.30 bits per heavy atom. The van der Waals surface area contributed by atoms with E-state index in [-0.39, 0.29) is 24.4 Å². The van der Waals surface area contributed by atoms with E-state index in [2.05, 4.69) is 78.5 Å². The minimum atomic E-state index is 0. The van der Waals surface area contributed by atoms with Crippen molar-refractivity contribution in [1.29, 1.82) is 0 Å². The molecule has 3 nitrogen and oxygen atoms in total.